The first-order chi connectivity index (χ1) is 22.7. The van der Waals surface area contributed by atoms with Gasteiger partial charge in [0.05, 0.1) is 37.7 Å². The zero-order valence-corrected chi connectivity index (χ0v) is 28.5. The first-order valence-electron chi connectivity index (χ1n) is 15.0. The minimum atomic E-state index is -0.683. The summed E-state index contributed by atoms with van der Waals surface area (Å²) < 4.78 is 17.5. The van der Waals surface area contributed by atoms with Gasteiger partial charge in [-0.15, -0.1) is 21.5 Å². The topological polar surface area (TPSA) is 151 Å². The standard InChI is InChI=1S/C33H37N5O7S2/c1-6-44-31(41)26-20(3)27(32(42)45-7-2)47-30(26)35-28(39)21(4)46-33-37-36-25(38(33)17-16-22-12-9-8-10-13-22)19-34-29(40)23-14-11-15-24(18-23)43-5/h8-15,18,21H,6-7,16-17,19H2,1-5H3,(H,34,40)(H,35,39)/t21-/m0/s1. The Kier molecular flexibility index (Phi) is 12.5. The zero-order valence-electron chi connectivity index (χ0n) is 26.8. The van der Waals surface area contributed by atoms with Gasteiger partial charge in [-0.1, -0.05) is 48.2 Å². The summed E-state index contributed by atoms with van der Waals surface area (Å²) in [6, 6.07) is 16.7. The van der Waals surface area contributed by atoms with Crippen LogP contribution in [0.5, 0.6) is 5.75 Å². The van der Waals surface area contributed by atoms with Gasteiger partial charge in [0.25, 0.3) is 5.91 Å². The van der Waals surface area contributed by atoms with Crippen molar-refractivity contribution in [2.45, 2.75) is 57.6 Å². The normalized spacial score (nSPS) is 11.4. The molecule has 1 atom stereocenters. The van der Waals surface area contributed by atoms with E-state index in [0.717, 1.165) is 16.9 Å². The number of thiophene rings is 1. The number of carbonyl (C=O) groups excluding carboxylic acids is 4. The molecule has 2 aromatic heterocycles. The third-order valence-corrected chi connectivity index (χ3v) is 9.24. The molecule has 0 saturated heterocycles. The van der Waals surface area contributed by atoms with Crippen molar-refractivity contribution < 1.29 is 33.4 Å². The maximum absolute atomic E-state index is 13.5. The van der Waals surface area contributed by atoms with E-state index in [9.17, 15) is 19.2 Å². The van der Waals surface area contributed by atoms with Gasteiger partial charge < -0.3 is 29.4 Å². The lowest BCUT2D eigenvalue weighted by molar-refractivity contribution is -0.115. The number of esters is 2. The summed E-state index contributed by atoms with van der Waals surface area (Å²) in [5.74, 6) is -0.852. The van der Waals surface area contributed by atoms with E-state index in [-0.39, 0.29) is 41.1 Å². The predicted molar refractivity (Wildman–Crippen MR) is 179 cm³/mol. The van der Waals surface area contributed by atoms with Crippen LogP contribution in [0.25, 0.3) is 0 Å². The molecule has 0 aliphatic heterocycles. The molecule has 0 radical (unpaired) electrons. The monoisotopic (exact) mass is 679 g/mol. The molecular weight excluding hydrogens is 643 g/mol. The Morgan fingerprint density at radius 2 is 1.70 bits per heavy atom. The number of thioether (sulfide) groups is 1. The number of aromatic nitrogens is 3. The molecular formula is C33H37N5O7S2. The molecule has 0 spiro atoms. The molecule has 2 aromatic carbocycles. The number of carbonyl (C=O) groups is 4. The fraction of sp³-hybridized carbons (Fsp3) is 0.333. The van der Waals surface area contributed by atoms with E-state index in [4.69, 9.17) is 14.2 Å². The number of rotatable bonds is 15. The van der Waals surface area contributed by atoms with E-state index >= 15 is 0 Å². The van der Waals surface area contributed by atoms with Gasteiger partial charge in [0.1, 0.15) is 15.6 Å². The Morgan fingerprint density at radius 3 is 2.40 bits per heavy atom. The van der Waals surface area contributed by atoms with Gasteiger partial charge in [0.2, 0.25) is 5.91 Å². The highest BCUT2D eigenvalue weighted by molar-refractivity contribution is 8.00. The molecule has 2 N–H and O–H groups in total. The fourth-order valence-corrected chi connectivity index (χ4v) is 6.53. The van der Waals surface area contributed by atoms with Crippen molar-refractivity contribution in [3.63, 3.8) is 0 Å². The van der Waals surface area contributed by atoms with Crippen LogP contribution in [0.3, 0.4) is 0 Å². The van der Waals surface area contributed by atoms with E-state index in [1.54, 1.807) is 52.0 Å². The largest absolute Gasteiger partial charge is 0.497 e. The predicted octanol–water partition coefficient (Wildman–Crippen LogP) is 5.30. The first-order valence-corrected chi connectivity index (χ1v) is 16.7. The Hall–Kier alpha value is -4.69. The maximum atomic E-state index is 13.5. The van der Waals surface area contributed by atoms with Crippen LogP contribution < -0.4 is 15.4 Å². The van der Waals surface area contributed by atoms with E-state index < -0.39 is 23.1 Å². The Morgan fingerprint density at radius 1 is 0.979 bits per heavy atom. The second-order valence-corrected chi connectivity index (χ2v) is 12.5. The SMILES string of the molecule is CCOC(=O)c1sc(NC(=O)[C@H](C)Sc2nnc(CNC(=O)c3cccc(OC)c3)n2CCc2ccccc2)c(C(=O)OCC)c1C. The second-order valence-electron chi connectivity index (χ2n) is 10.2. The molecule has 2 amide bonds. The van der Waals surface area contributed by atoms with Gasteiger partial charge in [-0.05, 0) is 63.4 Å². The maximum Gasteiger partial charge on any atom is 0.348 e. The van der Waals surface area contributed by atoms with Crippen molar-refractivity contribution in [2.24, 2.45) is 0 Å². The van der Waals surface area contributed by atoms with Gasteiger partial charge in [-0.25, -0.2) is 9.59 Å². The molecule has 0 unspecified atom stereocenters. The number of nitrogens with one attached hydrogen (secondary N) is 2. The lowest BCUT2D eigenvalue weighted by atomic mass is 10.1. The number of hydrogen-bond acceptors (Lipinski definition) is 11. The van der Waals surface area contributed by atoms with Crippen LogP contribution in [0.1, 0.15) is 68.1 Å². The molecule has 4 aromatic rings. The van der Waals surface area contributed by atoms with Crippen LogP contribution in [0.2, 0.25) is 0 Å². The van der Waals surface area contributed by atoms with Crippen LogP contribution in [-0.2, 0) is 33.8 Å². The number of aryl methyl sites for hydroxylation is 1. The lowest BCUT2D eigenvalue weighted by Crippen LogP contribution is -2.26. The average Bonchev–Trinajstić information content (AvgIpc) is 3.62. The van der Waals surface area contributed by atoms with E-state index in [2.05, 4.69) is 20.8 Å². The summed E-state index contributed by atoms with van der Waals surface area (Å²) >= 11 is 2.15. The van der Waals surface area contributed by atoms with Gasteiger partial charge in [-0.3, -0.25) is 9.59 Å². The molecule has 0 saturated carbocycles. The van der Waals surface area contributed by atoms with Gasteiger partial charge in [-0.2, -0.15) is 0 Å². The number of amides is 2. The highest BCUT2D eigenvalue weighted by Gasteiger charge is 2.29. The quantitative estimate of drug-likeness (QED) is 0.125. The van der Waals surface area contributed by atoms with Crippen molar-refractivity contribution in [1.82, 2.24) is 20.1 Å². The van der Waals surface area contributed by atoms with Crippen molar-refractivity contribution >= 4 is 51.9 Å². The number of ether oxygens (including phenoxy) is 3. The number of nitrogens with zero attached hydrogens (tertiary/aromatic N) is 3. The summed E-state index contributed by atoms with van der Waals surface area (Å²) in [6.07, 6.45) is 0.665. The number of benzene rings is 2. The van der Waals surface area contributed by atoms with Gasteiger partial charge in [0.15, 0.2) is 11.0 Å². The zero-order chi connectivity index (χ0) is 33.9. The minimum Gasteiger partial charge on any atom is -0.497 e. The Bertz CT molecular complexity index is 1720. The molecule has 0 aliphatic rings. The molecule has 0 aliphatic carbocycles. The highest BCUT2D eigenvalue weighted by atomic mass is 32.2. The smallest absolute Gasteiger partial charge is 0.348 e. The molecule has 47 heavy (non-hydrogen) atoms. The van der Waals surface area contributed by atoms with Crippen LogP contribution >= 0.6 is 23.1 Å². The summed E-state index contributed by atoms with van der Waals surface area (Å²) in [4.78, 5) is 51.9. The Labute approximate surface area is 281 Å². The highest BCUT2D eigenvalue weighted by Crippen LogP contribution is 2.35. The molecule has 0 fully saturated rings. The molecule has 14 heteroatoms. The van der Waals surface area contributed by atoms with Crippen LogP contribution in [0.15, 0.2) is 59.8 Å². The average molecular weight is 680 g/mol. The minimum absolute atomic E-state index is 0.104. The summed E-state index contributed by atoms with van der Waals surface area (Å²) in [6.45, 7) is 7.58. The third-order valence-electron chi connectivity index (χ3n) is 6.97. The summed E-state index contributed by atoms with van der Waals surface area (Å²) in [5.41, 5.74) is 2.04. The third kappa shape index (κ3) is 8.98. The van der Waals surface area contributed by atoms with E-state index in [0.29, 0.717) is 40.8 Å². The van der Waals surface area contributed by atoms with Crippen LogP contribution in [0, 0.1) is 6.92 Å². The van der Waals surface area contributed by atoms with Gasteiger partial charge >= 0.3 is 11.9 Å². The molecule has 2 heterocycles. The molecule has 248 valence electrons. The van der Waals surface area contributed by atoms with E-state index in [1.165, 1.54) is 18.9 Å². The van der Waals surface area contributed by atoms with Crippen molar-refractivity contribution in [3.8, 4) is 5.75 Å². The van der Waals surface area contributed by atoms with Crippen LogP contribution in [-0.4, -0.2) is 64.1 Å². The van der Waals surface area contributed by atoms with Crippen molar-refractivity contribution in [2.75, 3.05) is 25.6 Å². The summed E-state index contributed by atoms with van der Waals surface area (Å²) in [5, 5.41) is 14.4. The van der Waals surface area contributed by atoms with E-state index in [1.807, 2.05) is 34.9 Å². The second kappa shape index (κ2) is 16.7. The van der Waals surface area contributed by atoms with Crippen molar-refractivity contribution in [1.29, 1.82) is 0 Å². The molecule has 12 nitrogen and oxygen atoms in total. The molecule has 4 rings (SSSR count). The summed E-state index contributed by atoms with van der Waals surface area (Å²) in [7, 11) is 1.54. The number of anilines is 1. The number of hydrogen-bond donors (Lipinski definition) is 2. The molecule has 0 bridgehead atoms. The first kappa shape index (κ1) is 35.2. The fourth-order valence-electron chi connectivity index (χ4n) is 4.54. The lowest BCUT2D eigenvalue weighted by Gasteiger charge is -2.14. The Balaban J connectivity index is 1.54. The van der Waals surface area contributed by atoms with Crippen LogP contribution in [0.4, 0.5) is 5.00 Å². The number of methoxy groups -OCH3 is 1. The van der Waals surface area contributed by atoms with Gasteiger partial charge in [0, 0.05) is 12.1 Å². The van der Waals surface area contributed by atoms with Crippen molar-refractivity contribution in [3.05, 3.63) is 87.6 Å².